The molecule has 0 N–H and O–H groups in total. The van der Waals surface area contributed by atoms with Crippen LogP contribution in [0.1, 0.15) is 6.42 Å². The maximum Gasteiger partial charge on any atom is 0.262 e. The van der Waals surface area contributed by atoms with Crippen molar-refractivity contribution in [1.82, 2.24) is 18.2 Å². The summed E-state index contributed by atoms with van der Waals surface area (Å²) in [4.78, 5) is 4.16. The van der Waals surface area contributed by atoms with Crippen molar-refractivity contribution in [3.8, 4) is 0 Å². The normalized spacial score (nSPS) is 17.4. The molecular formula is C19H22N4O4S2. The van der Waals surface area contributed by atoms with Gasteiger partial charge in [0.15, 0.2) is 5.03 Å². The molecule has 0 atom stereocenters. The van der Waals surface area contributed by atoms with E-state index in [4.69, 9.17) is 0 Å². The molecule has 0 unspecified atom stereocenters. The summed E-state index contributed by atoms with van der Waals surface area (Å²) in [5.74, 6) is 0. The summed E-state index contributed by atoms with van der Waals surface area (Å²) in [6, 6.07) is 12.6. The maximum absolute atomic E-state index is 13.2. The molecule has 3 aromatic rings. The van der Waals surface area contributed by atoms with E-state index >= 15 is 0 Å². The number of hydrogen-bond donors (Lipinski definition) is 0. The lowest BCUT2D eigenvalue weighted by molar-refractivity contribution is 0.403. The zero-order valence-electron chi connectivity index (χ0n) is 16.0. The third-order valence-corrected chi connectivity index (χ3v) is 8.74. The van der Waals surface area contributed by atoms with Crippen LogP contribution < -0.4 is 0 Å². The topological polar surface area (TPSA) is 92.6 Å². The van der Waals surface area contributed by atoms with Crippen LogP contribution in [0.25, 0.3) is 10.8 Å². The molecule has 0 radical (unpaired) electrons. The number of nitrogens with zero attached hydrogens (tertiary/aromatic N) is 4. The van der Waals surface area contributed by atoms with Crippen molar-refractivity contribution in [3.05, 3.63) is 55.0 Å². The molecule has 1 aliphatic rings. The van der Waals surface area contributed by atoms with Crippen LogP contribution in [0, 0.1) is 0 Å². The van der Waals surface area contributed by atoms with Crippen molar-refractivity contribution >= 4 is 30.8 Å². The Hall–Kier alpha value is -2.27. The molecular weight excluding hydrogens is 412 g/mol. The van der Waals surface area contributed by atoms with E-state index in [1.807, 2.05) is 24.3 Å². The molecule has 154 valence electrons. The van der Waals surface area contributed by atoms with Crippen LogP contribution in [0.4, 0.5) is 0 Å². The van der Waals surface area contributed by atoms with E-state index in [-0.39, 0.29) is 36.1 Å². The van der Waals surface area contributed by atoms with Gasteiger partial charge in [-0.1, -0.05) is 30.3 Å². The Morgan fingerprint density at radius 3 is 2.14 bits per heavy atom. The van der Waals surface area contributed by atoms with E-state index in [0.29, 0.717) is 6.42 Å². The molecule has 0 saturated carbocycles. The largest absolute Gasteiger partial charge is 0.339 e. The zero-order chi connectivity index (χ0) is 20.6. The molecule has 8 nitrogen and oxygen atoms in total. The fraction of sp³-hybridized carbons (Fsp3) is 0.316. The third-order valence-electron chi connectivity index (χ3n) is 5.06. The van der Waals surface area contributed by atoms with Gasteiger partial charge in [-0.25, -0.2) is 21.8 Å². The summed E-state index contributed by atoms with van der Waals surface area (Å²) in [5, 5.41) is 1.79. The smallest absolute Gasteiger partial charge is 0.262 e. The average Bonchev–Trinajstić information content (AvgIpc) is 2.99. The molecule has 29 heavy (non-hydrogen) atoms. The molecule has 1 aliphatic heterocycles. The molecule has 1 aromatic heterocycles. The van der Waals surface area contributed by atoms with Crippen molar-refractivity contribution in [2.75, 3.05) is 26.2 Å². The highest BCUT2D eigenvalue weighted by molar-refractivity contribution is 7.89. The predicted molar refractivity (Wildman–Crippen MR) is 109 cm³/mol. The van der Waals surface area contributed by atoms with Gasteiger partial charge in [0.25, 0.3) is 10.0 Å². The van der Waals surface area contributed by atoms with Crippen LogP contribution in [0.3, 0.4) is 0 Å². The maximum atomic E-state index is 13.2. The Balaban J connectivity index is 1.57. The molecule has 2 heterocycles. The number of imidazole rings is 1. The van der Waals surface area contributed by atoms with Gasteiger partial charge in [0.2, 0.25) is 10.0 Å². The summed E-state index contributed by atoms with van der Waals surface area (Å²) >= 11 is 0. The number of rotatable bonds is 4. The highest BCUT2D eigenvalue weighted by atomic mass is 32.2. The number of hydrogen-bond acceptors (Lipinski definition) is 5. The Kier molecular flexibility index (Phi) is 5.19. The first kappa shape index (κ1) is 20.0. The Labute approximate surface area is 170 Å². The number of aromatic nitrogens is 2. The molecule has 0 bridgehead atoms. The van der Waals surface area contributed by atoms with Crippen LogP contribution in [0.2, 0.25) is 0 Å². The van der Waals surface area contributed by atoms with Crippen LogP contribution in [-0.4, -0.2) is 61.2 Å². The van der Waals surface area contributed by atoms with Gasteiger partial charge in [-0.2, -0.15) is 8.61 Å². The molecule has 1 fully saturated rings. The fourth-order valence-electron chi connectivity index (χ4n) is 3.48. The van der Waals surface area contributed by atoms with Gasteiger partial charge in [0.05, 0.1) is 11.2 Å². The number of benzene rings is 2. The van der Waals surface area contributed by atoms with Gasteiger partial charge >= 0.3 is 0 Å². The molecule has 4 rings (SSSR count). The first-order chi connectivity index (χ1) is 13.8. The summed E-state index contributed by atoms with van der Waals surface area (Å²) in [6.07, 6.45) is 3.30. The second kappa shape index (κ2) is 7.52. The second-order valence-electron chi connectivity index (χ2n) is 7.05. The molecule has 0 amide bonds. The summed E-state index contributed by atoms with van der Waals surface area (Å²) in [5.41, 5.74) is 0. The summed E-state index contributed by atoms with van der Waals surface area (Å²) in [7, 11) is -5.76. The van der Waals surface area contributed by atoms with Crippen molar-refractivity contribution in [2.45, 2.75) is 16.3 Å². The van der Waals surface area contributed by atoms with Crippen molar-refractivity contribution in [2.24, 2.45) is 7.05 Å². The summed E-state index contributed by atoms with van der Waals surface area (Å²) < 4.78 is 56.2. The summed E-state index contributed by atoms with van der Waals surface area (Å²) in [6.45, 7) is 0.707. The Bertz CT molecular complexity index is 1250. The van der Waals surface area contributed by atoms with E-state index in [2.05, 4.69) is 4.98 Å². The SMILES string of the molecule is Cn1cnc(S(=O)(=O)N2CCCN(S(=O)(=O)c3ccc4ccccc4c3)CC2)c1. The van der Waals surface area contributed by atoms with E-state index in [1.165, 1.54) is 21.1 Å². The number of sulfonamides is 2. The predicted octanol–water partition coefficient (Wildman–Crippen LogP) is 1.66. The molecule has 10 heteroatoms. The minimum Gasteiger partial charge on any atom is -0.339 e. The van der Waals surface area contributed by atoms with Crippen molar-refractivity contribution < 1.29 is 16.8 Å². The molecule has 2 aromatic carbocycles. The van der Waals surface area contributed by atoms with Crippen LogP contribution in [-0.2, 0) is 27.1 Å². The lowest BCUT2D eigenvalue weighted by Crippen LogP contribution is -2.37. The van der Waals surface area contributed by atoms with Crippen molar-refractivity contribution in [1.29, 1.82) is 0 Å². The van der Waals surface area contributed by atoms with Gasteiger partial charge in [-0.3, -0.25) is 0 Å². The minimum atomic E-state index is -3.75. The standard InChI is InChI=1S/C19H22N4O4S2/c1-21-14-19(20-15-21)29(26,27)23-10-4-9-22(11-12-23)28(24,25)18-8-7-16-5-2-3-6-17(16)13-18/h2-3,5-8,13-15H,4,9-12H2,1H3. The molecule has 0 aliphatic carbocycles. The molecule has 1 saturated heterocycles. The van der Waals surface area contributed by atoms with E-state index in [9.17, 15) is 16.8 Å². The third kappa shape index (κ3) is 3.80. The lowest BCUT2D eigenvalue weighted by atomic mass is 10.1. The minimum absolute atomic E-state index is 0.0224. The van der Waals surface area contributed by atoms with Gasteiger partial charge < -0.3 is 4.57 Å². The number of aryl methyl sites for hydroxylation is 1. The highest BCUT2D eigenvalue weighted by Crippen LogP contribution is 2.24. The Morgan fingerprint density at radius 2 is 1.48 bits per heavy atom. The lowest BCUT2D eigenvalue weighted by Gasteiger charge is -2.21. The van der Waals surface area contributed by atoms with Gasteiger partial charge in [-0.15, -0.1) is 0 Å². The van der Waals surface area contributed by atoms with E-state index in [0.717, 1.165) is 10.8 Å². The highest BCUT2D eigenvalue weighted by Gasteiger charge is 2.32. The second-order valence-corrected chi connectivity index (χ2v) is 10.9. The molecule has 0 spiro atoms. The fourth-order valence-corrected chi connectivity index (χ4v) is 6.42. The van der Waals surface area contributed by atoms with Gasteiger partial charge in [0.1, 0.15) is 0 Å². The first-order valence-electron chi connectivity index (χ1n) is 9.25. The van der Waals surface area contributed by atoms with Gasteiger partial charge in [-0.05, 0) is 29.3 Å². The van der Waals surface area contributed by atoms with Gasteiger partial charge in [0, 0.05) is 39.4 Å². The zero-order valence-corrected chi connectivity index (χ0v) is 17.6. The van der Waals surface area contributed by atoms with E-state index in [1.54, 1.807) is 29.8 Å². The average molecular weight is 435 g/mol. The number of fused-ring (bicyclic) bond motifs is 1. The van der Waals surface area contributed by atoms with Crippen LogP contribution in [0.15, 0.2) is 64.9 Å². The Morgan fingerprint density at radius 1 is 0.828 bits per heavy atom. The monoisotopic (exact) mass is 434 g/mol. The quantitative estimate of drug-likeness (QED) is 0.623. The first-order valence-corrected chi connectivity index (χ1v) is 12.1. The van der Waals surface area contributed by atoms with Crippen LogP contribution >= 0.6 is 0 Å². The van der Waals surface area contributed by atoms with E-state index < -0.39 is 20.0 Å². The van der Waals surface area contributed by atoms with Crippen LogP contribution in [0.5, 0.6) is 0 Å². The van der Waals surface area contributed by atoms with Crippen molar-refractivity contribution in [3.63, 3.8) is 0 Å².